The molecule has 16 heavy (non-hydrogen) atoms. The maximum atomic E-state index is 11.5. The van der Waals surface area contributed by atoms with E-state index < -0.39 is 27.6 Å². The molecule has 7 nitrogen and oxygen atoms in total. The molecule has 2 aliphatic heterocycles. The van der Waals surface area contributed by atoms with Crippen LogP contribution in [0.5, 0.6) is 0 Å². The van der Waals surface area contributed by atoms with E-state index in [1.54, 1.807) is 0 Å². The summed E-state index contributed by atoms with van der Waals surface area (Å²) in [6.45, 7) is 2.16. The molecular formula is C8H13NO6S. The molecule has 0 radical (unpaired) electrons. The van der Waals surface area contributed by atoms with Crippen molar-refractivity contribution in [3.63, 3.8) is 0 Å². The molecule has 0 spiro atoms. The lowest BCUT2D eigenvalue weighted by Gasteiger charge is -2.29. The third-order valence-corrected chi connectivity index (χ3v) is 3.71. The van der Waals surface area contributed by atoms with Gasteiger partial charge in [0.1, 0.15) is 6.04 Å². The van der Waals surface area contributed by atoms with Gasteiger partial charge in [-0.1, -0.05) is 0 Å². The number of ether oxygens (including phenoxy) is 2. The minimum atomic E-state index is -4.31. The fourth-order valence-corrected chi connectivity index (χ4v) is 2.55. The summed E-state index contributed by atoms with van der Waals surface area (Å²) >= 11 is 0. The fourth-order valence-electron chi connectivity index (χ4n) is 1.90. The number of hydrogen-bond donors (Lipinski definition) is 1. The van der Waals surface area contributed by atoms with E-state index in [0.29, 0.717) is 26.3 Å². The second-order valence-electron chi connectivity index (χ2n) is 3.78. The van der Waals surface area contributed by atoms with Gasteiger partial charge < -0.3 is 9.47 Å². The van der Waals surface area contributed by atoms with Crippen LogP contribution in [0.4, 0.5) is 0 Å². The molecule has 0 bridgehead atoms. The zero-order valence-electron chi connectivity index (χ0n) is 8.53. The normalized spacial score (nSPS) is 32.7. The molecule has 0 amide bonds. The number of hydrogen-bond acceptors (Lipinski definition) is 6. The predicted molar refractivity (Wildman–Crippen MR) is 52.2 cm³/mol. The van der Waals surface area contributed by atoms with Gasteiger partial charge in [0.05, 0.1) is 13.2 Å². The quantitative estimate of drug-likeness (QED) is 0.489. The van der Waals surface area contributed by atoms with Crippen LogP contribution in [0, 0.1) is 0 Å². The molecule has 2 aliphatic rings. The SMILES string of the molecule is O=C1OC(S(=O)(=O)O)CC1N1CCOCC1. The Morgan fingerprint density at radius 3 is 2.44 bits per heavy atom. The van der Waals surface area contributed by atoms with E-state index in [2.05, 4.69) is 4.74 Å². The van der Waals surface area contributed by atoms with E-state index in [1.165, 1.54) is 0 Å². The summed E-state index contributed by atoms with van der Waals surface area (Å²) in [7, 11) is -4.31. The Balaban J connectivity index is 2.04. The summed E-state index contributed by atoms with van der Waals surface area (Å²) in [6.07, 6.45) is -0.0162. The van der Waals surface area contributed by atoms with E-state index in [-0.39, 0.29) is 6.42 Å². The van der Waals surface area contributed by atoms with Gasteiger partial charge in [-0.2, -0.15) is 8.42 Å². The third kappa shape index (κ3) is 2.34. The van der Waals surface area contributed by atoms with Gasteiger partial charge in [-0.15, -0.1) is 0 Å². The number of esters is 1. The summed E-state index contributed by atoms with van der Waals surface area (Å²) in [6, 6.07) is -0.587. The first-order valence-electron chi connectivity index (χ1n) is 4.97. The van der Waals surface area contributed by atoms with Crippen molar-refractivity contribution in [1.29, 1.82) is 0 Å². The smallest absolute Gasteiger partial charge is 0.324 e. The molecule has 2 heterocycles. The van der Waals surface area contributed by atoms with Crippen LogP contribution >= 0.6 is 0 Å². The van der Waals surface area contributed by atoms with E-state index in [9.17, 15) is 13.2 Å². The van der Waals surface area contributed by atoms with Crippen molar-refractivity contribution in [3.05, 3.63) is 0 Å². The Labute approximate surface area is 93.1 Å². The van der Waals surface area contributed by atoms with Gasteiger partial charge >= 0.3 is 16.1 Å². The minimum absolute atomic E-state index is 0.0162. The zero-order valence-corrected chi connectivity index (χ0v) is 9.35. The first-order valence-corrected chi connectivity index (χ1v) is 6.47. The van der Waals surface area contributed by atoms with Crippen molar-refractivity contribution in [1.82, 2.24) is 4.90 Å². The molecule has 2 fully saturated rings. The van der Waals surface area contributed by atoms with Crippen molar-refractivity contribution in [2.75, 3.05) is 26.3 Å². The Bertz CT molecular complexity index is 374. The van der Waals surface area contributed by atoms with Crippen LogP contribution in [0.15, 0.2) is 0 Å². The molecular weight excluding hydrogens is 238 g/mol. The second kappa shape index (κ2) is 4.28. The average Bonchev–Trinajstić information content (AvgIpc) is 2.61. The summed E-state index contributed by atoms with van der Waals surface area (Å²) in [5, 5.41) is 0. The summed E-state index contributed by atoms with van der Waals surface area (Å²) in [5.74, 6) is -0.593. The van der Waals surface area contributed by atoms with Crippen LogP contribution in [-0.2, 0) is 24.4 Å². The van der Waals surface area contributed by atoms with Crippen LogP contribution in [0.2, 0.25) is 0 Å². The first kappa shape index (κ1) is 11.8. The number of cyclic esters (lactones) is 1. The summed E-state index contributed by atoms with van der Waals surface area (Å²) < 4.78 is 40.2. The standard InChI is InChI=1S/C8H13NO6S/c10-8-6(9-1-3-14-4-2-9)5-7(15-8)16(11,12)13/h6-7H,1-5H2,(H,11,12,13). The van der Waals surface area contributed by atoms with Crippen molar-refractivity contribution in [2.45, 2.75) is 17.9 Å². The zero-order chi connectivity index (χ0) is 11.8. The number of rotatable bonds is 2. The Hall–Kier alpha value is -0.700. The molecule has 0 aliphatic carbocycles. The van der Waals surface area contributed by atoms with Gasteiger partial charge in [0.25, 0.3) is 0 Å². The van der Waals surface area contributed by atoms with Crippen LogP contribution < -0.4 is 0 Å². The fraction of sp³-hybridized carbons (Fsp3) is 0.875. The third-order valence-electron chi connectivity index (χ3n) is 2.75. The highest BCUT2D eigenvalue weighted by Crippen LogP contribution is 2.23. The lowest BCUT2D eigenvalue weighted by atomic mass is 10.2. The van der Waals surface area contributed by atoms with Gasteiger partial charge in [-0.05, 0) is 0 Å². The molecule has 1 N–H and O–H groups in total. The van der Waals surface area contributed by atoms with Crippen LogP contribution in [0.25, 0.3) is 0 Å². The highest BCUT2D eigenvalue weighted by molar-refractivity contribution is 7.86. The number of carbonyl (C=O) groups is 1. The van der Waals surface area contributed by atoms with Crippen molar-refractivity contribution < 1.29 is 27.2 Å². The Kier molecular flexibility index (Phi) is 3.15. The Morgan fingerprint density at radius 1 is 1.31 bits per heavy atom. The highest BCUT2D eigenvalue weighted by Gasteiger charge is 2.44. The van der Waals surface area contributed by atoms with E-state index >= 15 is 0 Å². The van der Waals surface area contributed by atoms with Crippen molar-refractivity contribution in [2.24, 2.45) is 0 Å². The van der Waals surface area contributed by atoms with Gasteiger partial charge in [-0.25, -0.2) is 0 Å². The molecule has 0 aromatic heterocycles. The summed E-state index contributed by atoms with van der Waals surface area (Å²) in [4.78, 5) is 13.3. The predicted octanol–water partition coefficient (Wildman–Crippen LogP) is -1.15. The second-order valence-corrected chi connectivity index (χ2v) is 5.34. The van der Waals surface area contributed by atoms with Gasteiger partial charge in [0.2, 0.25) is 5.44 Å². The topological polar surface area (TPSA) is 93.1 Å². The molecule has 2 atom stereocenters. The number of carbonyl (C=O) groups excluding carboxylic acids is 1. The number of morpholine rings is 1. The van der Waals surface area contributed by atoms with E-state index in [0.717, 1.165) is 0 Å². The molecule has 92 valence electrons. The van der Waals surface area contributed by atoms with E-state index in [4.69, 9.17) is 9.29 Å². The average molecular weight is 251 g/mol. The number of nitrogens with zero attached hydrogens (tertiary/aromatic N) is 1. The maximum Gasteiger partial charge on any atom is 0.324 e. The largest absolute Gasteiger partial charge is 0.442 e. The monoisotopic (exact) mass is 251 g/mol. The Morgan fingerprint density at radius 2 is 1.94 bits per heavy atom. The van der Waals surface area contributed by atoms with Crippen molar-refractivity contribution in [3.8, 4) is 0 Å². The van der Waals surface area contributed by atoms with E-state index in [1.807, 2.05) is 4.90 Å². The minimum Gasteiger partial charge on any atom is -0.442 e. The summed E-state index contributed by atoms with van der Waals surface area (Å²) in [5.41, 5.74) is -1.42. The van der Waals surface area contributed by atoms with Crippen LogP contribution in [0.3, 0.4) is 0 Å². The molecule has 2 unspecified atom stereocenters. The molecule has 8 heteroatoms. The molecule has 2 saturated heterocycles. The molecule has 0 aromatic rings. The highest BCUT2D eigenvalue weighted by atomic mass is 32.2. The van der Waals surface area contributed by atoms with Gasteiger partial charge in [-0.3, -0.25) is 14.2 Å². The maximum absolute atomic E-state index is 11.5. The lowest BCUT2D eigenvalue weighted by Crippen LogP contribution is -2.45. The van der Waals surface area contributed by atoms with Crippen LogP contribution in [0.1, 0.15) is 6.42 Å². The van der Waals surface area contributed by atoms with Crippen molar-refractivity contribution >= 4 is 16.1 Å². The van der Waals surface area contributed by atoms with Crippen LogP contribution in [-0.4, -0.2) is 61.6 Å². The molecule has 0 saturated carbocycles. The molecule has 0 aromatic carbocycles. The lowest BCUT2D eigenvalue weighted by molar-refractivity contribution is -0.144. The first-order chi connectivity index (χ1) is 7.48. The van der Waals surface area contributed by atoms with Gasteiger partial charge in [0.15, 0.2) is 0 Å². The molecule has 2 rings (SSSR count). The van der Waals surface area contributed by atoms with Gasteiger partial charge in [0, 0.05) is 19.5 Å².